The van der Waals surface area contributed by atoms with Crippen LogP contribution in [0.5, 0.6) is 0 Å². The van der Waals surface area contributed by atoms with Gasteiger partial charge < -0.3 is 14.9 Å². The van der Waals surface area contributed by atoms with Crippen LogP contribution in [0.15, 0.2) is 35.3 Å². The van der Waals surface area contributed by atoms with Crippen molar-refractivity contribution in [2.24, 2.45) is 0 Å². The molecule has 27 heavy (non-hydrogen) atoms. The molecule has 0 radical (unpaired) electrons. The summed E-state index contributed by atoms with van der Waals surface area (Å²) in [6.45, 7) is 1.81. The molecule has 0 aliphatic carbocycles. The second kappa shape index (κ2) is 7.69. The molecule has 0 saturated heterocycles. The number of aromatic nitrogens is 3. The van der Waals surface area contributed by atoms with Crippen molar-refractivity contribution in [3.05, 3.63) is 52.2 Å². The molecule has 2 heterocycles. The van der Waals surface area contributed by atoms with Crippen LogP contribution < -0.4 is 10.9 Å². The van der Waals surface area contributed by atoms with Crippen molar-refractivity contribution in [2.75, 3.05) is 5.32 Å². The summed E-state index contributed by atoms with van der Waals surface area (Å²) in [5.41, 5.74) is 0.634. The van der Waals surface area contributed by atoms with Crippen molar-refractivity contribution < 1.29 is 13.2 Å². The maximum Gasteiger partial charge on any atom is 0.261 e. The first-order valence-corrected chi connectivity index (χ1v) is 9.28. The number of nitrogens with one attached hydrogen (secondary N) is 2. The van der Waals surface area contributed by atoms with Gasteiger partial charge in [0.25, 0.3) is 5.56 Å². The fourth-order valence-electron chi connectivity index (χ4n) is 2.75. The van der Waals surface area contributed by atoms with Gasteiger partial charge in [0, 0.05) is 17.4 Å². The number of aromatic amines is 1. The minimum atomic E-state index is -2.15. The fraction of sp³-hybridized carbons (Fsp3) is 0.235. The Morgan fingerprint density at radius 1 is 1.48 bits per heavy atom. The first-order chi connectivity index (χ1) is 12.9. The molecule has 8 nitrogen and oxygen atoms in total. The van der Waals surface area contributed by atoms with E-state index in [0.29, 0.717) is 16.6 Å². The number of anilines is 2. The Morgan fingerprint density at radius 3 is 2.93 bits per heavy atom. The van der Waals surface area contributed by atoms with Gasteiger partial charge in [-0.3, -0.25) is 9.48 Å². The lowest BCUT2D eigenvalue weighted by atomic mass is 10.2. The highest BCUT2D eigenvalue weighted by Gasteiger charge is 2.18. The topological polar surface area (TPSA) is 124 Å². The molecule has 1 aromatic carbocycles. The summed E-state index contributed by atoms with van der Waals surface area (Å²) in [7, 11) is 0. The molecule has 0 spiro atoms. The summed E-state index contributed by atoms with van der Waals surface area (Å²) >= 11 is -2.15. The van der Waals surface area contributed by atoms with E-state index in [9.17, 15) is 13.4 Å². The second-order valence-corrected chi connectivity index (χ2v) is 6.90. The van der Waals surface area contributed by atoms with Gasteiger partial charge in [0.1, 0.15) is 11.2 Å². The highest BCUT2D eigenvalue weighted by atomic mass is 32.2. The van der Waals surface area contributed by atoms with Crippen LogP contribution in [0.25, 0.3) is 10.9 Å². The number of pyridine rings is 1. The van der Waals surface area contributed by atoms with Gasteiger partial charge in [-0.15, -0.1) is 0 Å². The summed E-state index contributed by atoms with van der Waals surface area (Å²) in [5.74, 6) is -0.720. The molecule has 1 unspecified atom stereocenters. The molecule has 0 saturated carbocycles. The predicted molar refractivity (Wildman–Crippen MR) is 99.5 cm³/mol. The SMILES string of the molecule is C[C@@H](CC#N)n1nc(Nc2ccc(CS(=O)O)c(F)c2)c2c(=O)[nH]ccc21. The van der Waals surface area contributed by atoms with Crippen LogP contribution in [0.1, 0.15) is 24.9 Å². The normalized spacial score (nSPS) is 13.3. The van der Waals surface area contributed by atoms with Crippen molar-refractivity contribution in [1.82, 2.24) is 14.8 Å². The molecule has 3 aromatic rings. The lowest BCUT2D eigenvalue weighted by Crippen LogP contribution is -2.08. The lowest BCUT2D eigenvalue weighted by Gasteiger charge is -2.09. The van der Waals surface area contributed by atoms with E-state index in [4.69, 9.17) is 9.81 Å². The molecule has 0 fully saturated rings. The van der Waals surface area contributed by atoms with Crippen LogP contribution in [0.2, 0.25) is 0 Å². The third-order valence-corrected chi connectivity index (χ3v) is 4.59. The third kappa shape index (κ3) is 3.89. The second-order valence-electron chi connectivity index (χ2n) is 5.97. The third-order valence-electron chi connectivity index (χ3n) is 4.03. The predicted octanol–water partition coefficient (Wildman–Crippen LogP) is 2.80. The van der Waals surface area contributed by atoms with Crippen LogP contribution in [0.3, 0.4) is 0 Å². The number of halogens is 1. The quantitative estimate of drug-likeness (QED) is 0.557. The Labute approximate surface area is 155 Å². The average molecular weight is 389 g/mol. The molecule has 0 aliphatic heterocycles. The van der Waals surface area contributed by atoms with E-state index in [1.165, 1.54) is 24.4 Å². The van der Waals surface area contributed by atoms with E-state index in [-0.39, 0.29) is 35.2 Å². The summed E-state index contributed by atoms with van der Waals surface area (Å²) in [5, 5.41) is 16.5. The van der Waals surface area contributed by atoms with E-state index in [1.54, 1.807) is 10.7 Å². The molecule has 3 N–H and O–H groups in total. The van der Waals surface area contributed by atoms with Crippen molar-refractivity contribution in [2.45, 2.75) is 25.1 Å². The zero-order valence-corrected chi connectivity index (χ0v) is 15.1. The van der Waals surface area contributed by atoms with E-state index in [1.807, 2.05) is 6.92 Å². The number of nitriles is 1. The van der Waals surface area contributed by atoms with Gasteiger partial charge in [-0.2, -0.15) is 10.4 Å². The van der Waals surface area contributed by atoms with Crippen molar-refractivity contribution >= 4 is 33.5 Å². The Hall–Kier alpha value is -3.03. The van der Waals surface area contributed by atoms with E-state index in [2.05, 4.69) is 21.5 Å². The maximum atomic E-state index is 14.1. The zero-order valence-electron chi connectivity index (χ0n) is 14.3. The molecule has 140 valence electrons. The molecule has 2 aromatic heterocycles. The average Bonchev–Trinajstić information content (AvgIpc) is 2.97. The van der Waals surface area contributed by atoms with Crippen LogP contribution in [0, 0.1) is 17.1 Å². The summed E-state index contributed by atoms with van der Waals surface area (Å²) in [6.07, 6.45) is 1.71. The number of hydrogen-bond donors (Lipinski definition) is 3. The minimum Gasteiger partial charge on any atom is -0.338 e. The van der Waals surface area contributed by atoms with Crippen molar-refractivity contribution in [3.63, 3.8) is 0 Å². The molecule has 0 amide bonds. The standard InChI is InChI=1S/C17H16FN5O3S/c1-10(4-6-19)23-14-5-7-20-17(24)15(14)16(22-23)21-12-3-2-11(9-27(25)26)13(18)8-12/h2-3,5,7-8,10H,4,9H2,1H3,(H,20,24)(H,21,22)(H,25,26)/t10-/m0/s1. The number of H-pyrrole nitrogens is 1. The Bertz CT molecular complexity index is 1120. The summed E-state index contributed by atoms with van der Waals surface area (Å²) < 4.78 is 35.5. The largest absolute Gasteiger partial charge is 0.338 e. The van der Waals surface area contributed by atoms with Crippen LogP contribution in [-0.2, 0) is 16.8 Å². The molecule has 0 aliphatic rings. The molecule has 10 heteroatoms. The Balaban J connectivity index is 2.03. The van der Waals surface area contributed by atoms with E-state index < -0.39 is 16.9 Å². The van der Waals surface area contributed by atoms with Gasteiger partial charge in [-0.25, -0.2) is 8.60 Å². The van der Waals surface area contributed by atoms with Gasteiger partial charge in [0.2, 0.25) is 0 Å². The van der Waals surface area contributed by atoms with Gasteiger partial charge >= 0.3 is 0 Å². The first kappa shape index (κ1) is 18.8. The monoisotopic (exact) mass is 389 g/mol. The van der Waals surface area contributed by atoms with Crippen LogP contribution in [0.4, 0.5) is 15.9 Å². The smallest absolute Gasteiger partial charge is 0.261 e. The fourth-order valence-corrected chi connectivity index (χ4v) is 3.25. The van der Waals surface area contributed by atoms with Crippen molar-refractivity contribution in [1.29, 1.82) is 5.26 Å². The van der Waals surface area contributed by atoms with Gasteiger partial charge in [0.05, 0.1) is 29.8 Å². The summed E-state index contributed by atoms with van der Waals surface area (Å²) in [4.78, 5) is 14.9. The van der Waals surface area contributed by atoms with Crippen LogP contribution >= 0.6 is 0 Å². The highest BCUT2D eigenvalue weighted by Crippen LogP contribution is 2.27. The first-order valence-electron chi connectivity index (χ1n) is 8.00. The zero-order chi connectivity index (χ0) is 19.6. The molecule has 2 atom stereocenters. The van der Waals surface area contributed by atoms with E-state index in [0.717, 1.165) is 0 Å². The number of fused-ring (bicyclic) bond motifs is 1. The highest BCUT2D eigenvalue weighted by molar-refractivity contribution is 7.78. The molecule has 0 bridgehead atoms. The maximum absolute atomic E-state index is 14.1. The molecular weight excluding hydrogens is 373 g/mol. The number of rotatable bonds is 6. The summed E-state index contributed by atoms with van der Waals surface area (Å²) in [6, 6.07) is 7.60. The number of benzene rings is 1. The van der Waals surface area contributed by atoms with Gasteiger partial charge in [-0.1, -0.05) is 6.07 Å². The Kier molecular flexibility index (Phi) is 5.34. The molecule has 3 rings (SSSR count). The lowest BCUT2D eigenvalue weighted by molar-refractivity contribution is 0.518. The van der Waals surface area contributed by atoms with E-state index >= 15 is 0 Å². The molecular formula is C17H16FN5O3S. The van der Waals surface area contributed by atoms with Gasteiger partial charge in [0.15, 0.2) is 16.9 Å². The Morgan fingerprint density at radius 2 is 2.26 bits per heavy atom. The van der Waals surface area contributed by atoms with Gasteiger partial charge in [-0.05, 0) is 25.1 Å². The number of hydrogen-bond acceptors (Lipinski definition) is 5. The number of nitrogens with zero attached hydrogens (tertiary/aromatic N) is 3. The minimum absolute atomic E-state index is 0.109. The van der Waals surface area contributed by atoms with Crippen LogP contribution in [-0.4, -0.2) is 23.5 Å². The van der Waals surface area contributed by atoms with Crippen molar-refractivity contribution in [3.8, 4) is 6.07 Å².